The fraction of sp³-hybridized carbons (Fsp3) is 0.143. The predicted octanol–water partition coefficient (Wildman–Crippen LogP) is 4.71. The molecular weight excluding hydrogens is 475 g/mol. The zero-order chi connectivity index (χ0) is 18.7. The molecule has 0 aromatic heterocycles. The van der Waals surface area contributed by atoms with Crippen molar-refractivity contribution in [1.29, 1.82) is 0 Å². The normalized spacial score (nSPS) is 11.1. The summed E-state index contributed by atoms with van der Waals surface area (Å²) in [7, 11) is -3.90. The zero-order valence-electron chi connectivity index (χ0n) is 14.8. The van der Waals surface area contributed by atoms with Crippen LogP contribution >= 0.6 is 24.9 Å². The van der Waals surface area contributed by atoms with E-state index in [1.165, 1.54) is 11.1 Å². The van der Waals surface area contributed by atoms with Gasteiger partial charge in [0.1, 0.15) is 0 Å². The fourth-order valence-electron chi connectivity index (χ4n) is 2.18. The third kappa shape index (κ3) is 11.4. The van der Waals surface area contributed by atoms with E-state index in [4.69, 9.17) is 14.7 Å². The van der Waals surface area contributed by atoms with Crippen LogP contribution in [0.25, 0.3) is 0 Å². The summed E-state index contributed by atoms with van der Waals surface area (Å²) in [5.41, 5.74) is 3.54. The van der Waals surface area contributed by atoms with E-state index >= 15 is 0 Å². The molecule has 0 heterocycles. The van der Waals surface area contributed by atoms with Gasteiger partial charge >= 0.3 is 162 Å². The summed E-state index contributed by atoms with van der Waals surface area (Å²) in [6.07, 6.45) is -0.0339. The number of rotatable bonds is 6. The topological polar surface area (TPSA) is 60.7 Å². The van der Waals surface area contributed by atoms with Crippen molar-refractivity contribution in [2.75, 3.05) is 0 Å². The Kier molecular flexibility index (Phi) is 11.7. The molecule has 27 heavy (non-hydrogen) atoms. The third-order valence-corrected chi connectivity index (χ3v) is 5.49. The number of hydrogen-bond donors (Lipinski definition) is 3. The summed E-state index contributed by atoms with van der Waals surface area (Å²) in [6.45, 7) is 0. The summed E-state index contributed by atoms with van der Waals surface area (Å²) in [5.74, 6) is 0. The Labute approximate surface area is 178 Å². The van der Waals surface area contributed by atoms with Crippen LogP contribution in [0.3, 0.4) is 0 Å². The molecule has 3 nitrogen and oxygen atoms in total. The van der Waals surface area contributed by atoms with E-state index in [-0.39, 0.29) is 23.1 Å². The van der Waals surface area contributed by atoms with Gasteiger partial charge in [0.05, 0.1) is 0 Å². The van der Waals surface area contributed by atoms with Gasteiger partial charge in [-0.05, 0) is 0 Å². The number of hydrogen-bond acceptors (Lipinski definition) is 3. The third-order valence-electron chi connectivity index (χ3n) is 3.37. The first-order valence-corrected chi connectivity index (χ1v) is 11.6. The summed E-state index contributed by atoms with van der Waals surface area (Å²) in [6, 6.07) is 30.1. The summed E-state index contributed by atoms with van der Waals surface area (Å²) in [5, 5.41) is 2.17. The van der Waals surface area contributed by atoms with Gasteiger partial charge < -0.3 is 0 Å². The summed E-state index contributed by atoms with van der Waals surface area (Å²) >= 11 is 2.05. The Balaban J connectivity index is 0.000000273. The van der Waals surface area contributed by atoms with Crippen molar-refractivity contribution in [2.45, 2.75) is 16.8 Å². The molecule has 0 aliphatic rings. The van der Waals surface area contributed by atoms with Gasteiger partial charge in [0, 0.05) is 0 Å². The molecule has 6 heteroatoms. The molecule has 0 fully saturated rings. The second-order valence-electron chi connectivity index (χ2n) is 5.77. The van der Waals surface area contributed by atoms with Crippen molar-refractivity contribution < 1.29 is 29.6 Å². The van der Waals surface area contributed by atoms with Crippen LogP contribution in [0.2, 0.25) is 0 Å². The molecule has 0 unspecified atom stereocenters. The van der Waals surface area contributed by atoms with Crippen LogP contribution in [0.15, 0.2) is 91.0 Å². The minimum atomic E-state index is -3.90. The molecule has 151 valence electrons. The Morgan fingerprint density at radius 1 is 0.556 bits per heavy atom. The van der Waals surface area contributed by atoms with Gasteiger partial charge in [0.25, 0.3) is 0 Å². The monoisotopic (exact) mass is 499 g/mol. The molecule has 0 spiro atoms. The fourth-order valence-corrected chi connectivity index (χ4v) is 4.07. The maximum absolute atomic E-state index is 8.72. The zero-order valence-corrected chi connectivity index (χ0v) is 18.5. The summed E-state index contributed by atoms with van der Waals surface area (Å²) in [4.78, 5) is 26.2. The van der Waals surface area contributed by atoms with E-state index in [1.807, 2.05) is 6.07 Å². The van der Waals surface area contributed by atoms with E-state index in [0.29, 0.717) is 0 Å². The second kappa shape index (κ2) is 13.2. The molecular formula is C21H26BrCuO3P. The van der Waals surface area contributed by atoms with Crippen molar-refractivity contribution in [2.24, 2.45) is 0 Å². The molecule has 0 atom stereocenters. The molecule has 3 aromatic rings. The van der Waals surface area contributed by atoms with Crippen molar-refractivity contribution in [3.63, 3.8) is 0 Å². The first-order valence-electron chi connectivity index (χ1n) is 8.24. The van der Waals surface area contributed by atoms with Gasteiger partial charge in [-0.15, -0.1) is 17.0 Å². The second-order valence-corrected chi connectivity index (χ2v) is 8.81. The Morgan fingerprint density at radius 2 is 0.889 bits per heavy atom. The molecule has 3 rings (SSSR count). The molecule has 0 aliphatic carbocycles. The van der Waals surface area contributed by atoms with E-state index in [2.05, 4.69) is 75.6 Å². The molecule has 0 aliphatic heterocycles. The molecule has 0 radical (unpaired) electrons. The van der Waals surface area contributed by atoms with Gasteiger partial charge in [0.15, 0.2) is 0 Å². The van der Waals surface area contributed by atoms with Gasteiger partial charge in [-0.2, -0.15) is 0 Å². The molecule has 0 saturated heterocycles. The van der Waals surface area contributed by atoms with E-state index in [0.717, 1.165) is 16.2 Å². The van der Waals surface area contributed by atoms with Crippen LogP contribution < -0.4 is 0 Å². The molecule has 0 bridgehead atoms. The van der Waals surface area contributed by atoms with Crippen LogP contribution in [-0.4, -0.2) is 14.7 Å². The predicted molar refractivity (Wildman–Crippen MR) is 116 cm³/mol. The standard InChI is InChI=1S/C7H11O3P.2C7H7.BrH.Cu/c8-11(9,10)6-7-4-2-1-3-5-7;2*1-7-5-3-2-4-6-7;;/h1-5,8-11H,6H2;2*2-6H,1H2;1H;. The first-order chi connectivity index (χ1) is 12.5. The SMILES string of the molecule is Br.O[PH](O)(O)Cc1ccccc1.c1ccc([CH2][Cu][CH2]c2ccccc2)cc1. The first kappa shape index (κ1) is 24.0. The van der Waals surface area contributed by atoms with Crippen LogP contribution in [-0.2, 0) is 31.8 Å². The van der Waals surface area contributed by atoms with Gasteiger partial charge in [-0.3, -0.25) is 0 Å². The van der Waals surface area contributed by atoms with Crippen molar-refractivity contribution in [3.8, 4) is 0 Å². The Bertz CT molecular complexity index is 698. The van der Waals surface area contributed by atoms with Crippen LogP contribution in [0, 0.1) is 0 Å². The van der Waals surface area contributed by atoms with Crippen LogP contribution in [0.4, 0.5) is 0 Å². The maximum atomic E-state index is 8.72. The van der Waals surface area contributed by atoms with Crippen LogP contribution in [0.1, 0.15) is 16.7 Å². The average molecular weight is 501 g/mol. The minimum absolute atomic E-state index is 0. The van der Waals surface area contributed by atoms with Crippen molar-refractivity contribution in [1.82, 2.24) is 0 Å². The molecule has 0 saturated carbocycles. The van der Waals surface area contributed by atoms with E-state index in [9.17, 15) is 0 Å². The van der Waals surface area contributed by atoms with Crippen LogP contribution in [0.5, 0.6) is 0 Å². The quantitative estimate of drug-likeness (QED) is 0.339. The Hall–Kier alpha value is -1.03. The van der Waals surface area contributed by atoms with Gasteiger partial charge in [-0.25, -0.2) is 0 Å². The molecule has 3 aromatic carbocycles. The van der Waals surface area contributed by atoms with Crippen molar-refractivity contribution in [3.05, 3.63) is 108 Å². The molecule has 0 amide bonds. The van der Waals surface area contributed by atoms with E-state index in [1.54, 1.807) is 24.3 Å². The number of halogens is 1. The number of benzene rings is 3. The van der Waals surface area contributed by atoms with Crippen molar-refractivity contribution >= 4 is 24.9 Å². The summed E-state index contributed by atoms with van der Waals surface area (Å²) < 4.78 is 0. The van der Waals surface area contributed by atoms with E-state index < -0.39 is 7.94 Å². The van der Waals surface area contributed by atoms with Gasteiger partial charge in [0.2, 0.25) is 0 Å². The molecule has 3 N–H and O–H groups in total. The average Bonchev–Trinajstić information content (AvgIpc) is 2.64. The van der Waals surface area contributed by atoms with Gasteiger partial charge in [-0.1, -0.05) is 0 Å². The Morgan fingerprint density at radius 3 is 1.22 bits per heavy atom.